The summed E-state index contributed by atoms with van der Waals surface area (Å²) in [5, 5.41) is 5.70. The van der Waals surface area contributed by atoms with Crippen LogP contribution in [0, 0.1) is 12.8 Å². The van der Waals surface area contributed by atoms with Crippen LogP contribution in [0.15, 0.2) is 29.6 Å². The van der Waals surface area contributed by atoms with Crippen LogP contribution in [0.1, 0.15) is 41.9 Å². The van der Waals surface area contributed by atoms with Crippen LogP contribution in [0.5, 0.6) is 0 Å². The number of alkyl halides is 3. The van der Waals surface area contributed by atoms with E-state index in [0.29, 0.717) is 23.3 Å². The van der Waals surface area contributed by atoms with Crippen LogP contribution in [-0.4, -0.2) is 22.8 Å². The molecule has 0 saturated heterocycles. The molecule has 9 heteroatoms. The SMILES string of the molecule is Cc1ccccc1C(=O)NC(CC(C)C)C(=O)Nc1nc(C(F)(F)F)cs1. The largest absolute Gasteiger partial charge is 0.434 e. The minimum Gasteiger partial charge on any atom is -0.340 e. The molecule has 1 atom stereocenters. The first-order valence-corrected chi connectivity index (χ1v) is 9.16. The number of hydrogen-bond acceptors (Lipinski definition) is 4. The fourth-order valence-corrected chi connectivity index (χ4v) is 3.14. The number of hydrogen-bond donors (Lipinski definition) is 2. The van der Waals surface area contributed by atoms with E-state index >= 15 is 0 Å². The van der Waals surface area contributed by atoms with Gasteiger partial charge in [0, 0.05) is 10.9 Å². The van der Waals surface area contributed by atoms with Gasteiger partial charge in [0.25, 0.3) is 5.91 Å². The molecule has 2 rings (SSSR count). The monoisotopic (exact) mass is 399 g/mol. The van der Waals surface area contributed by atoms with Crippen molar-refractivity contribution < 1.29 is 22.8 Å². The first-order chi connectivity index (χ1) is 12.6. The lowest BCUT2D eigenvalue weighted by atomic mass is 10.0. The second-order valence-electron chi connectivity index (χ2n) is 6.50. The Balaban J connectivity index is 2.13. The highest BCUT2D eigenvalue weighted by atomic mass is 32.1. The van der Waals surface area contributed by atoms with Gasteiger partial charge in [-0.25, -0.2) is 4.98 Å². The van der Waals surface area contributed by atoms with Gasteiger partial charge < -0.3 is 10.6 Å². The number of halogens is 3. The van der Waals surface area contributed by atoms with Crippen molar-refractivity contribution in [3.05, 3.63) is 46.5 Å². The summed E-state index contributed by atoms with van der Waals surface area (Å²) in [6.07, 6.45) is -4.24. The van der Waals surface area contributed by atoms with E-state index in [-0.39, 0.29) is 11.0 Å². The fraction of sp³-hybridized carbons (Fsp3) is 0.389. The quantitative estimate of drug-likeness (QED) is 0.763. The summed E-state index contributed by atoms with van der Waals surface area (Å²) in [6, 6.07) is 6.04. The molecule has 27 heavy (non-hydrogen) atoms. The number of nitrogens with zero attached hydrogens (tertiary/aromatic N) is 1. The standard InChI is InChI=1S/C18H20F3N3O2S/c1-10(2)8-13(22-15(25)12-7-5-4-6-11(12)3)16(26)24-17-23-14(9-27-17)18(19,20)21/h4-7,9-10,13H,8H2,1-3H3,(H,22,25)(H,23,24,26). The summed E-state index contributed by atoms with van der Waals surface area (Å²) in [5.74, 6) is -0.933. The van der Waals surface area contributed by atoms with E-state index in [1.807, 2.05) is 13.8 Å². The third-order valence-electron chi connectivity index (χ3n) is 3.74. The summed E-state index contributed by atoms with van der Waals surface area (Å²) >= 11 is 0.683. The van der Waals surface area contributed by atoms with Crippen LogP contribution in [0.4, 0.5) is 18.3 Å². The van der Waals surface area contributed by atoms with Gasteiger partial charge in [0.1, 0.15) is 6.04 Å². The second-order valence-corrected chi connectivity index (χ2v) is 7.35. The van der Waals surface area contributed by atoms with Crippen molar-refractivity contribution in [2.24, 2.45) is 5.92 Å². The van der Waals surface area contributed by atoms with Crippen molar-refractivity contribution in [1.29, 1.82) is 0 Å². The summed E-state index contributed by atoms with van der Waals surface area (Å²) in [5.41, 5.74) is 0.133. The molecule has 1 unspecified atom stereocenters. The molecule has 0 radical (unpaired) electrons. The number of carbonyl (C=O) groups excluding carboxylic acids is 2. The van der Waals surface area contributed by atoms with E-state index in [2.05, 4.69) is 15.6 Å². The highest BCUT2D eigenvalue weighted by Crippen LogP contribution is 2.31. The molecule has 2 amide bonds. The Morgan fingerprint density at radius 1 is 1.22 bits per heavy atom. The molecule has 1 heterocycles. The second kappa shape index (κ2) is 8.51. The van der Waals surface area contributed by atoms with Crippen LogP contribution in [0.3, 0.4) is 0 Å². The lowest BCUT2D eigenvalue weighted by Crippen LogP contribution is -2.44. The molecular formula is C18H20F3N3O2S. The highest BCUT2D eigenvalue weighted by Gasteiger charge is 2.34. The molecule has 0 fully saturated rings. The zero-order chi connectivity index (χ0) is 20.2. The number of thiazole rings is 1. The maximum absolute atomic E-state index is 12.6. The summed E-state index contributed by atoms with van der Waals surface area (Å²) < 4.78 is 37.9. The topological polar surface area (TPSA) is 71.1 Å². The molecule has 0 spiro atoms. The normalized spacial score (nSPS) is 12.7. The number of aromatic nitrogens is 1. The molecular weight excluding hydrogens is 379 g/mol. The minimum absolute atomic E-state index is 0.0833. The fourth-order valence-electron chi connectivity index (χ4n) is 2.42. The predicted molar refractivity (Wildman–Crippen MR) is 97.6 cm³/mol. The van der Waals surface area contributed by atoms with E-state index in [1.165, 1.54) is 0 Å². The summed E-state index contributed by atoms with van der Waals surface area (Å²) in [6.45, 7) is 5.54. The van der Waals surface area contributed by atoms with E-state index in [4.69, 9.17) is 0 Å². The number of carbonyl (C=O) groups is 2. The maximum Gasteiger partial charge on any atom is 0.434 e. The Bertz CT molecular complexity index is 818. The average molecular weight is 399 g/mol. The average Bonchev–Trinajstić information content (AvgIpc) is 3.03. The molecule has 1 aromatic heterocycles. The van der Waals surface area contributed by atoms with E-state index in [0.717, 1.165) is 10.9 Å². The Morgan fingerprint density at radius 3 is 2.44 bits per heavy atom. The highest BCUT2D eigenvalue weighted by molar-refractivity contribution is 7.13. The first-order valence-electron chi connectivity index (χ1n) is 8.28. The Hall–Kier alpha value is -2.42. The van der Waals surface area contributed by atoms with Crippen LogP contribution >= 0.6 is 11.3 Å². The third-order valence-corrected chi connectivity index (χ3v) is 4.50. The van der Waals surface area contributed by atoms with Crippen molar-refractivity contribution in [1.82, 2.24) is 10.3 Å². The van der Waals surface area contributed by atoms with Crippen LogP contribution in [0.25, 0.3) is 0 Å². The molecule has 5 nitrogen and oxygen atoms in total. The van der Waals surface area contributed by atoms with Gasteiger partial charge in [-0.2, -0.15) is 13.2 Å². The smallest absolute Gasteiger partial charge is 0.340 e. The maximum atomic E-state index is 12.6. The van der Waals surface area contributed by atoms with Gasteiger partial charge in [-0.3, -0.25) is 9.59 Å². The molecule has 146 valence electrons. The number of benzene rings is 1. The Morgan fingerprint density at radius 2 is 1.89 bits per heavy atom. The molecule has 0 aliphatic heterocycles. The summed E-state index contributed by atoms with van der Waals surface area (Å²) in [7, 11) is 0. The van der Waals surface area contributed by atoms with Crippen molar-refractivity contribution in [2.75, 3.05) is 5.32 Å². The molecule has 0 aliphatic carbocycles. The Labute approximate surface area is 159 Å². The molecule has 0 saturated carbocycles. The first kappa shape index (κ1) is 20.9. The number of rotatable bonds is 6. The Kier molecular flexibility index (Phi) is 6.59. The molecule has 1 aromatic carbocycles. The molecule has 2 aromatic rings. The number of aryl methyl sites for hydroxylation is 1. The molecule has 2 N–H and O–H groups in total. The molecule has 0 bridgehead atoms. The van der Waals surface area contributed by atoms with Crippen molar-refractivity contribution >= 4 is 28.3 Å². The van der Waals surface area contributed by atoms with E-state index < -0.39 is 29.7 Å². The van der Waals surface area contributed by atoms with Gasteiger partial charge in [-0.1, -0.05) is 32.0 Å². The lowest BCUT2D eigenvalue weighted by Gasteiger charge is -2.20. The third kappa shape index (κ3) is 5.78. The van der Waals surface area contributed by atoms with E-state index in [9.17, 15) is 22.8 Å². The van der Waals surface area contributed by atoms with Crippen LogP contribution < -0.4 is 10.6 Å². The predicted octanol–water partition coefficient (Wildman–Crippen LogP) is 4.25. The van der Waals surface area contributed by atoms with Gasteiger partial charge >= 0.3 is 6.18 Å². The zero-order valence-corrected chi connectivity index (χ0v) is 15.9. The van der Waals surface area contributed by atoms with Crippen molar-refractivity contribution in [3.8, 4) is 0 Å². The summed E-state index contributed by atoms with van der Waals surface area (Å²) in [4.78, 5) is 28.4. The minimum atomic E-state index is -4.57. The van der Waals surface area contributed by atoms with Gasteiger partial charge in [-0.05, 0) is 30.9 Å². The number of anilines is 1. The van der Waals surface area contributed by atoms with Crippen LogP contribution in [-0.2, 0) is 11.0 Å². The number of amides is 2. The zero-order valence-electron chi connectivity index (χ0n) is 15.1. The lowest BCUT2D eigenvalue weighted by molar-refractivity contribution is -0.140. The van der Waals surface area contributed by atoms with Crippen molar-refractivity contribution in [2.45, 2.75) is 39.4 Å². The van der Waals surface area contributed by atoms with Gasteiger partial charge in [0.2, 0.25) is 5.91 Å². The van der Waals surface area contributed by atoms with Crippen LogP contribution in [0.2, 0.25) is 0 Å². The van der Waals surface area contributed by atoms with E-state index in [1.54, 1.807) is 31.2 Å². The van der Waals surface area contributed by atoms with Gasteiger partial charge in [0.05, 0.1) is 0 Å². The van der Waals surface area contributed by atoms with Gasteiger partial charge in [-0.15, -0.1) is 11.3 Å². The van der Waals surface area contributed by atoms with Crippen molar-refractivity contribution in [3.63, 3.8) is 0 Å². The molecule has 0 aliphatic rings. The van der Waals surface area contributed by atoms with Gasteiger partial charge in [0.15, 0.2) is 10.8 Å². The number of nitrogens with one attached hydrogen (secondary N) is 2.